The van der Waals surface area contributed by atoms with Crippen molar-refractivity contribution in [3.63, 3.8) is 0 Å². The lowest BCUT2D eigenvalue weighted by Crippen LogP contribution is -2.39. The number of carbonyl (C=O) groups excluding carboxylic acids is 1. The molecule has 2 aliphatic rings. The quantitative estimate of drug-likeness (QED) is 0.348. The van der Waals surface area contributed by atoms with Gasteiger partial charge in [0.25, 0.3) is 5.56 Å². The first-order chi connectivity index (χ1) is 19.1. The highest BCUT2D eigenvalue weighted by Crippen LogP contribution is 2.37. The summed E-state index contributed by atoms with van der Waals surface area (Å²) in [7, 11) is 1.88. The van der Waals surface area contributed by atoms with Crippen molar-refractivity contribution in [2.24, 2.45) is 7.05 Å². The highest BCUT2D eigenvalue weighted by Gasteiger charge is 2.30. The molecule has 7 heteroatoms. The molecule has 1 saturated heterocycles. The van der Waals surface area contributed by atoms with Crippen LogP contribution in [0.25, 0.3) is 11.1 Å². The molecular weight excluding hydrogens is 488 g/mol. The van der Waals surface area contributed by atoms with Gasteiger partial charge in [0, 0.05) is 62.8 Å². The summed E-state index contributed by atoms with van der Waals surface area (Å²) in [6.07, 6.45) is 4.81. The second-order valence-electron chi connectivity index (χ2n) is 10.4. The number of benzene rings is 2. The third kappa shape index (κ3) is 5.04. The van der Waals surface area contributed by atoms with Crippen LogP contribution in [0.15, 0.2) is 90.0 Å². The van der Waals surface area contributed by atoms with E-state index in [-0.39, 0.29) is 24.2 Å². The number of hydrogen-bond acceptors (Lipinski definition) is 5. The molecule has 2 aromatic heterocycles. The summed E-state index contributed by atoms with van der Waals surface area (Å²) in [6, 6.07) is 24.2. The molecule has 0 radical (unpaired) electrons. The Hall–Kier alpha value is -4.39. The average molecular weight is 521 g/mol. The normalized spacial score (nSPS) is 15.3. The summed E-state index contributed by atoms with van der Waals surface area (Å²) in [6.45, 7) is 2.89. The van der Waals surface area contributed by atoms with Crippen LogP contribution in [-0.4, -0.2) is 33.6 Å². The molecule has 2 aromatic carbocycles. The van der Waals surface area contributed by atoms with Gasteiger partial charge in [-0.15, -0.1) is 0 Å². The molecule has 0 N–H and O–H groups in total. The van der Waals surface area contributed by atoms with E-state index >= 15 is 0 Å². The van der Waals surface area contributed by atoms with Crippen molar-refractivity contribution < 1.29 is 9.53 Å². The third-order valence-electron chi connectivity index (χ3n) is 7.97. The molecule has 0 bridgehead atoms. The first kappa shape index (κ1) is 24.9. The van der Waals surface area contributed by atoms with E-state index in [9.17, 15) is 9.59 Å². The maximum Gasteiger partial charge on any atom is 0.410 e. The van der Waals surface area contributed by atoms with Crippen LogP contribution < -0.4 is 10.5 Å². The van der Waals surface area contributed by atoms with E-state index < -0.39 is 0 Å². The Balaban J connectivity index is 1.24. The largest absolute Gasteiger partial charge is 0.445 e. The predicted octanol–water partition coefficient (Wildman–Crippen LogP) is 5.48. The van der Waals surface area contributed by atoms with Crippen LogP contribution in [0.2, 0.25) is 0 Å². The fourth-order valence-electron chi connectivity index (χ4n) is 5.81. The zero-order valence-electron chi connectivity index (χ0n) is 22.1. The standard InChI is InChI=1S/C32H32N4O3/c1-34-29(25-13-17-35(18-14-25)32(38)39-22-23-7-3-2-4-8-23)19-28(24-11-15-33-16-12-24)30(31(34)37)36-20-26-9-5-6-10-27(26)21-36/h2-12,15-16,19,25H,13-14,17-18,20-22H2,1H3. The topological polar surface area (TPSA) is 67.7 Å². The second kappa shape index (κ2) is 10.8. The van der Waals surface area contributed by atoms with Gasteiger partial charge < -0.3 is 19.1 Å². The monoisotopic (exact) mass is 520 g/mol. The fraction of sp³-hybridized carbons (Fsp3) is 0.281. The maximum atomic E-state index is 14.0. The number of hydrogen-bond donors (Lipinski definition) is 0. The number of fused-ring (bicyclic) bond motifs is 1. The first-order valence-electron chi connectivity index (χ1n) is 13.5. The summed E-state index contributed by atoms with van der Waals surface area (Å²) in [4.78, 5) is 34.8. The molecule has 4 aromatic rings. The van der Waals surface area contributed by atoms with Gasteiger partial charge >= 0.3 is 6.09 Å². The van der Waals surface area contributed by atoms with E-state index in [0.29, 0.717) is 26.2 Å². The number of ether oxygens (including phenoxy) is 1. The molecule has 4 heterocycles. The van der Waals surface area contributed by atoms with Gasteiger partial charge in [0.05, 0.1) is 0 Å². The van der Waals surface area contributed by atoms with Crippen LogP contribution in [0.3, 0.4) is 0 Å². The van der Waals surface area contributed by atoms with Gasteiger partial charge in [-0.2, -0.15) is 0 Å². The molecule has 2 aliphatic heterocycles. The van der Waals surface area contributed by atoms with E-state index in [2.05, 4.69) is 40.2 Å². The zero-order valence-corrected chi connectivity index (χ0v) is 22.1. The second-order valence-corrected chi connectivity index (χ2v) is 10.4. The summed E-state index contributed by atoms with van der Waals surface area (Å²) in [5, 5.41) is 0. The minimum atomic E-state index is -0.285. The fourth-order valence-corrected chi connectivity index (χ4v) is 5.81. The van der Waals surface area contributed by atoms with Gasteiger partial charge in [-0.25, -0.2) is 4.79 Å². The Bertz CT molecular complexity index is 1500. The highest BCUT2D eigenvalue weighted by molar-refractivity contribution is 5.79. The summed E-state index contributed by atoms with van der Waals surface area (Å²) in [5.74, 6) is 0.172. The molecule has 7 nitrogen and oxygen atoms in total. The van der Waals surface area contributed by atoms with Crippen molar-refractivity contribution in [1.29, 1.82) is 0 Å². The minimum absolute atomic E-state index is 0.0109. The number of piperidine rings is 1. The molecule has 39 heavy (non-hydrogen) atoms. The van der Waals surface area contributed by atoms with Gasteiger partial charge in [-0.1, -0.05) is 54.6 Å². The van der Waals surface area contributed by atoms with E-state index in [1.165, 1.54) is 11.1 Å². The molecule has 1 amide bonds. The van der Waals surface area contributed by atoms with Crippen LogP contribution in [0.4, 0.5) is 10.5 Å². The molecule has 0 saturated carbocycles. The lowest BCUT2D eigenvalue weighted by atomic mass is 9.90. The van der Waals surface area contributed by atoms with Crippen LogP contribution in [-0.2, 0) is 31.5 Å². The first-order valence-corrected chi connectivity index (χ1v) is 13.5. The molecule has 0 unspecified atom stereocenters. The predicted molar refractivity (Wildman–Crippen MR) is 151 cm³/mol. The van der Waals surface area contributed by atoms with Gasteiger partial charge in [0.2, 0.25) is 0 Å². The summed E-state index contributed by atoms with van der Waals surface area (Å²) < 4.78 is 7.36. The van der Waals surface area contributed by atoms with Crippen molar-refractivity contribution in [2.45, 2.75) is 38.5 Å². The van der Waals surface area contributed by atoms with Gasteiger partial charge in [-0.3, -0.25) is 9.78 Å². The zero-order chi connectivity index (χ0) is 26.8. The number of aromatic nitrogens is 2. The van der Waals surface area contributed by atoms with Crippen LogP contribution in [0.5, 0.6) is 0 Å². The number of pyridine rings is 2. The van der Waals surface area contributed by atoms with Crippen molar-refractivity contribution >= 4 is 11.8 Å². The number of nitrogens with zero attached hydrogens (tertiary/aromatic N) is 4. The van der Waals surface area contributed by atoms with Crippen LogP contribution in [0.1, 0.15) is 41.1 Å². The highest BCUT2D eigenvalue weighted by atomic mass is 16.6. The molecular formula is C32H32N4O3. The van der Waals surface area contributed by atoms with Crippen molar-refractivity contribution in [1.82, 2.24) is 14.5 Å². The van der Waals surface area contributed by atoms with Crippen molar-refractivity contribution in [3.8, 4) is 11.1 Å². The minimum Gasteiger partial charge on any atom is -0.445 e. The Labute approximate surface area is 228 Å². The number of amides is 1. The Morgan fingerprint density at radius 1 is 0.923 bits per heavy atom. The number of carbonyl (C=O) groups is 1. The van der Waals surface area contributed by atoms with E-state index in [1.807, 2.05) is 54.1 Å². The Kier molecular flexibility index (Phi) is 6.88. The number of rotatable bonds is 5. The van der Waals surface area contributed by atoms with Crippen molar-refractivity contribution in [3.05, 3.63) is 118 Å². The molecule has 1 fully saturated rings. The third-order valence-corrected chi connectivity index (χ3v) is 7.97. The Morgan fingerprint density at radius 3 is 2.23 bits per heavy atom. The number of anilines is 1. The van der Waals surface area contributed by atoms with E-state index in [0.717, 1.165) is 40.9 Å². The van der Waals surface area contributed by atoms with E-state index in [4.69, 9.17) is 4.74 Å². The maximum absolute atomic E-state index is 14.0. The van der Waals surface area contributed by atoms with Crippen LogP contribution >= 0.6 is 0 Å². The molecule has 0 spiro atoms. The molecule has 0 aliphatic carbocycles. The van der Waals surface area contributed by atoms with Crippen molar-refractivity contribution in [2.75, 3.05) is 18.0 Å². The van der Waals surface area contributed by atoms with Crippen LogP contribution in [0, 0.1) is 0 Å². The average Bonchev–Trinajstić information content (AvgIpc) is 3.42. The smallest absolute Gasteiger partial charge is 0.410 e. The molecule has 0 atom stereocenters. The summed E-state index contributed by atoms with van der Waals surface area (Å²) >= 11 is 0. The van der Waals surface area contributed by atoms with E-state index in [1.54, 1.807) is 17.3 Å². The van der Waals surface area contributed by atoms with Gasteiger partial charge in [0.15, 0.2) is 0 Å². The Morgan fingerprint density at radius 2 is 1.56 bits per heavy atom. The number of likely N-dealkylation sites (tertiary alicyclic amines) is 1. The lowest BCUT2D eigenvalue weighted by Gasteiger charge is -2.33. The summed E-state index contributed by atoms with van der Waals surface area (Å²) in [5.41, 5.74) is 7.16. The lowest BCUT2D eigenvalue weighted by molar-refractivity contribution is 0.0866. The molecule has 6 rings (SSSR count). The molecule has 198 valence electrons. The van der Waals surface area contributed by atoms with Gasteiger partial charge in [-0.05, 0) is 53.3 Å². The SMILES string of the molecule is Cn1c(C2CCN(C(=O)OCc3ccccc3)CC2)cc(-c2ccncc2)c(N2Cc3ccccc3C2)c1=O. The van der Waals surface area contributed by atoms with Gasteiger partial charge in [0.1, 0.15) is 12.3 Å².